The van der Waals surface area contributed by atoms with E-state index in [2.05, 4.69) is 5.32 Å². The maximum Gasteiger partial charge on any atom is 0.243 e. The van der Waals surface area contributed by atoms with Gasteiger partial charge >= 0.3 is 0 Å². The monoisotopic (exact) mass is 344 g/mol. The molecule has 1 aromatic carbocycles. The number of nitrogens with one attached hydrogen (secondary N) is 1. The maximum atomic E-state index is 12.8. The average molecular weight is 345 g/mol. The summed E-state index contributed by atoms with van der Waals surface area (Å²) < 4.78 is 27.2. The molecule has 0 spiro atoms. The first-order valence-corrected chi connectivity index (χ1v) is 9.25. The van der Waals surface area contributed by atoms with E-state index in [0.717, 1.165) is 19.3 Å². The van der Waals surface area contributed by atoms with Crippen LogP contribution in [0.3, 0.4) is 0 Å². The second kappa shape index (κ2) is 7.44. The predicted octanol–water partition coefficient (Wildman–Crippen LogP) is 2.41. The molecule has 0 aromatic heterocycles. The molecule has 0 saturated carbocycles. The molecule has 1 aromatic rings. The van der Waals surface area contributed by atoms with Gasteiger partial charge in [-0.2, -0.15) is 4.31 Å². The van der Waals surface area contributed by atoms with Crippen molar-refractivity contribution < 1.29 is 13.2 Å². The summed E-state index contributed by atoms with van der Waals surface area (Å²) in [6.07, 6.45) is 3.31. The zero-order valence-electron chi connectivity index (χ0n) is 12.6. The number of rotatable bonds is 5. The Morgan fingerprint density at radius 1 is 1.41 bits per heavy atom. The Morgan fingerprint density at radius 2 is 2.18 bits per heavy atom. The van der Waals surface area contributed by atoms with Gasteiger partial charge in [-0.15, -0.1) is 0 Å². The summed E-state index contributed by atoms with van der Waals surface area (Å²) in [4.78, 5) is 11.2. The average Bonchev–Trinajstić information content (AvgIpc) is 2.47. The molecule has 1 amide bonds. The lowest BCUT2D eigenvalue weighted by Crippen LogP contribution is -2.45. The van der Waals surface area contributed by atoms with Crippen molar-refractivity contribution in [3.63, 3.8) is 0 Å². The third-order valence-electron chi connectivity index (χ3n) is 3.83. The number of halogens is 1. The highest BCUT2D eigenvalue weighted by Crippen LogP contribution is 2.28. The van der Waals surface area contributed by atoms with E-state index in [1.54, 1.807) is 22.5 Å². The van der Waals surface area contributed by atoms with Gasteiger partial charge in [0, 0.05) is 31.1 Å². The van der Waals surface area contributed by atoms with Crippen LogP contribution in [0.1, 0.15) is 32.6 Å². The van der Waals surface area contributed by atoms with Crippen molar-refractivity contribution in [2.24, 2.45) is 0 Å². The zero-order chi connectivity index (χ0) is 16.2. The number of hydrogen-bond acceptors (Lipinski definition) is 3. The lowest BCUT2D eigenvalue weighted by molar-refractivity contribution is -0.119. The van der Waals surface area contributed by atoms with Crippen LogP contribution >= 0.6 is 11.6 Å². The summed E-state index contributed by atoms with van der Waals surface area (Å²) >= 11 is 5.91. The van der Waals surface area contributed by atoms with Gasteiger partial charge in [-0.05, 0) is 37.5 Å². The number of nitrogens with zero attached hydrogens (tertiary/aromatic N) is 1. The van der Waals surface area contributed by atoms with Crippen LogP contribution in [0.4, 0.5) is 0 Å². The summed E-state index contributed by atoms with van der Waals surface area (Å²) in [6, 6.07) is 6.28. The van der Waals surface area contributed by atoms with Crippen molar-refractivity contribution in [1.29, 1.82) is 0 Å². The van der Waals surface area contributed by atoms with E-state index in [4.69, 9.17) is 11.6 Å². The number of benzene rings is 1. The van der Waals surface area contributed by atoms with Crippen molar-refractivity contribution in [2.45, 2.75) is 43.5 Å². The molecule has 1 fully saturated rings. The van der Waals surface area contributed by atoms with E-state index < -0.39 is 10.0 Å². The number of amides is 1. The van der Waals surface area contributed by atoms with Crippen molar-refractivity contribution in [3.05, 3.63) is 29.3 Å². The normalized spacial score (nSPS) is 19.8. The van der Waals surface area contributed by atoms with E-state index in [0.29, 0.717) is 24.5 Å². The predicted molar refractivity (Wildman–Crippen MR) is 86.3 cm³/mol. The van der Waals surface area contributed by atoms with E-state index >= 15 is 0 Å². The van der Waals surface area contributed by atoms with Gasteiger partial charge in [0.2, 0.25) is 15.9 Å². The number of piperidine rings is 1. The molecule has 1 aliphatic rings. The second-order valence-corrected chi connectivity index (χ2v) is 7.82. The molecule has 122 valence electrons. The Hall–Kier alpha value is -1.11. The number of carbonyl (C=O) groups excluding carboxylic acids is 1. The van der Waals surface area contributed by atoms with Crippen LogP contribution in [0.2, 0.25) is 5.02 Å². The summed E-state index contributed by atoms with van der Waals surface area (Å²) in [7, 11) is -3.55. The summed E-state index contributed by atoms with van der Waals surface area (Å²) in [5, 5.41) is 3.14. The summed E-state index contributed by atoms with van der Waals surface area (Å²) in [5.74, 6) is -0.0972. The van der Waals surface area contributed by atoms with Crippen LogP contribution < -0.4 is 5.32 Å². The Kier molecular flexibility index (Phi) is 5.83. The van der Waals surface area contributed by atoms with Gasteiger partial charge in [-0.1, -0.05) is 24.1 Å². The van der Waals surface area contributed by atoms with Crippen molar-refractivity contribution in [2.75, 3.05) is 13.1 Å². The largest absolute Gasteiger partial charge is 0.356 e. The zero-order valence-corrected chi connectivity index (χ0v) is 14.2. The van der Waals surface area contributed by atoms with Gasteiger partial charge in [0.15, 0.2) is 0 Å². The maximum absolute atomic E-state index is 12.8. The molecule has 0 aliphatic carbocycles. The minimum Gasteiger partial charge on any atom is -0.356 e. The Balaban J connectivity index is 2.17. The Labute approximate surface area is 136 Å². The lowest BCUT2D eigenvalue weighted by Gasteiger charge is -2.34. The van der Waals surface area contributed by atoms with E-state index in [1.165, 1.54) is 13.0 Å². The first-order valence-electron chi connectivity index (χ1n) is 7.43. The van der Waals surface area contributed by atoms with Crippen LogP contribution in [-0.4, -0.2) is 37.8 Å². The number of carbonyl (C=O) groups is 1. The van der Waals surface area contributed by atoms with Crippen LogP contribution in [0.5, 0.6) is 0 Å². The summed E-state index contributed by atoms with van der Waals surface area (Å²) in [6.45, 7) is 2.46. The van der Waals surface area contributed by atoms with Gasteiger partial charge in [-0.3, -0.25) is 4.79 Å². The molecule has 0 unspecified atom stereocenters. The smallest absolute Gasteiger partial charge is 0.243 e. The fraction of sp³-hybridized carbons (Fsp3) is 0.533. The SMILES string of the molecule is CC(=O)NCC[C@@H]1CCCCN1S(=O)(=O)c1cccc(Cl)c1. The van der Waals surface area contributed by atoms with Crippen molar-refractivity contribution in [3.8, 4) is 0 Å². The molecular formula is C15H21ClN2O3S. The molecule has 7 heteroatoms. The second-order valence-electron chi connectivity index (χ2n) is 5.49. The first kappa shape index (κ1) is 17.2. The van der Waals surface area contributed by atoms with Crippen molar-refractivity contribution >= 4 is 27.5 Å². The third-order valence-corrected chi connectivity index (χ3v) is 6.01. The minimum absolute atomic E-state index is 0.0791. The fourth-order valence-corrected chi connectivity index (χ4v) is 4.78. The van der Waals surface area contributed by atoms with E-state index in [1.807, 2.05) is 0 Å². The van der Waals surface area contributed by atoms with Crippen LogP contribution in [0.15, 0.2) is 29.2 Å². The van der Waals surface area contributed by atoms with Crippen molar-refractivity contribution in [1.82, 2.24) is 9.62 Å². The van der Waals surface area contributed by atoms with Crippen LogP contribution in [0.25, 0.3) is 0 Å². The number of hydrogen-bond donors (Lipinski definition) is 1. The molecule has 1 atom stereocenters. The van der Waals surface area contributed by atoms with Gasteiger partial charge < -0.3 is 5.32 Å². The first-order chi connectivity index (χ1) is 10.4. The molecule has 0 bridgehead atoms. The topological polar surface area (TPSA) is 66.5 Å². The molecule has 2 rings (SSSR count). The molecule has 1 N–H and O–H groups in total. The Bertz CT molecular complexity index is 633. The van der Waals surface area contributed by atoms with Gasteiger partial charge in [0.05, 0.1) is 4.90 Å². The fourth-order valence-electron chi connectivity index (χ4n) is 2.76. The Morgan fingerprint density at radius 3 is 2.86 bits per heavy atom. The standard InChI is InChI=1S/C15H21ClN2O3S/c1-12(19)17-9-8-14-6-2-3-10-18(14)22(20,21)15-7-4-5-13(16)11-15/h4-5,7,11,14H,2-3,6,8-10H2,1H3,(H,17,19)/t14-/m0/s1. The highest BCUT2D eigenvalue weighted by Gasteiger charge is 2.33. The van der Waals surface area contributed by atoms with Crippen LogP contribution in [0, 0.1) is 0 Å². The van der Waals surface area contributed by atoms with E-state index in [-0.39, 0.29) is 16.8 Å². The van der Waals surface area contributed by atoms with Gasteiger partial charge in [0.1, 0.15) is 0 Å². The molecule has 22 heavy (non-hydrogen) atoms. The lowest BCUT2D eigenvalue weighted by atomic mass is 10.0. The van der Waals surface area contributed by atoms with Crippen LogP contribution in [-0.2, 0) is 14.8 Å². The van der Waals surface area contributed by atoms with Gasteiger partial charge in [0.25, 0.3) is 0 Å². The molecule has 1 heterocycles. The number of sulfonamides is 1. The van der Waals surface area contributed by atoms with E-state index in [9.17, 15) is 13.2 Å². The van der Waals surface area contributed by atoms with Gasteiger partial charge in [-0.25, -0.2) is 8.42 Å². The molecule has 1 saturated heterocycles. The highest BCUT2D eigenvalue weighted by atomic mass is 35.5. The third kappa shape index (κ3) is 4.21. The minimum atomic E-state index is -3.55. The quantitative estimate of drug-likeness (QED) is 0.892. The molecular weight excluding hydrogens is 324 g/mol. The molecule has 5 nitrogen and oxygen atoms in total. The molecule has 1 aliphatic heterocycles. The molecule has 0 radical (unpaired) electrons. The summed E-state index contributed by atoms with van der Waals surface area (Å²) in [5.41, 5.74) is 0. The highest BCUT2D eigenvalue weighted by molar-refractivity contribution is 7.89.